The van der Waals surface area contributed by atoms with Crippen LogP contribution in [0.25, 0.3) is 11.1 Å². The summed E-state index contributed by atoms with van der Waals surface area (Å²) in [5.41, 5.74) is 8.88. The van der Waals surface area contributed by atoms with E-state index in [1.807, 2.05) is 36.4 Å². The summed E-state index contributed by atoms with van der Waals surface area (Å²) >= 11 is 0. The SMILES string of the molecule is C=CCc1ccc2c(c1CC=C)-c1ccccc1NO2. The van der Waals surface area contributed by atoms with Gasteiger partial charge in [-0.25, -0.2) is 5.48 Å². The van der Waals surface area contributed by atoms with Crippen LogP contribution in [0.15, 0.2) is 61.7 Å². The number of anilines is 1. The first-order valence-electron chi connectivity index (χ1n) is 6.74. The zero-order valence-corrected chi connectivity index (χ0v) is 11.4. The third kappa shape index (κ3) is 1.99. The molecule has 3 rings (SSSR count). The molecule has 0 amide bonds. The normalized spacial score (nSPS) is 11.6. The Labute approximate surface area is 119 Å². The second-order valence-corrected chi connectivity index (χ2v) is 4.81. The van der Waals surface area contributed by atoms with Gasteiger partial charge in [-0.2, -0.15) is 0 Å². The highest BCUT2D eigenvalue weighted by molar-refractivity contribution is 5.86. The van der Waals surface area contributed by atoms with Crippen molar-refractivity contribution in [1.82, 2.24) is 0 Å². The maximum absolute atomic E-state index is 5.66. The van der Waals surface area contributed by atoms with Crippen molar-refractivity contribution in [3.63, 3.8) is 0 Å². The fraction of sp³-hybridized carbons (Fsp3) is 0.111. The summed E-state index contributed by atoms with van der Waals surface area (Å²) < 4.78 is 0. The molecule has 0 unspecified atom stereocenters. The van der Waals surface area contributed by atoms with Gasteiger partial charge in [0, 0.05) is 11.1 Å². The molecule has 0 saturated carbocycles. The number of allylic oxidation sites excluding steroid dienone is 2. The van der Waals surface area contributed by atoms with Gasteiger partial charge in [0.15, 0.2) is 5.75 Å². The average Bonchev–Trinajstić information content (AvgIpc) is 2.49. The Kier molecular flexibility index (Phi) is 3.30. The maximum Gasteiger partial charge on any atom is 0.163 e. The van der Waals surface area contributed by atoms with E-state index in [0.717, 1.165) is 24.3 Å². The van der Waals surface area contributed by atoms with Crippen LogP contribution in [-0.2, 0) is 12.8 Å². The number of rotatable bonds is 4. The fourth-order valence-corrected chi connectivity index (χ4v) is 2.67. The van der Waals surface area contributed by atoms with E-state index in [9.17, 15) is 0 Å². The number of benzene rings is 2. The lowest BCUT2D eigenvalue weighted by Crippen LogP contribution is -2.13. The van der Waals surface area contributed by atoms with Crippen molar-refractivity contribution in [2.75, 3.05) is 5.48 Å². The molecule has 0 bridgehead atoms. The molecule has 0 saturated heterocycles. The third-order valence-corrected chi connectivity index (χ3v) is 3.55. The van der Waals surface area contributed by atoms with Gasteiger partial charge < -0.3 is 4.84 Å². The second-order valence-electron chi connectivity index (χ2n) is 4.81. The Balaban J connectivity index is 2.26. The van der Waals surface area contributed by atoms with Crippen molar-refractivity contribution in [3.05, 3.63) is 72.8 Å². The molecule has 2 aromatic rings. The lowest BCUT2D eigenvalue weighted by atomic mass is 9.90. The van der Waals surface area contributed by atoms with Crippen LogP contribution in [0.1, 0.15) is 11.1 Å². The fourth-order valence-electron chi connectivity index (χ4n) is 2.67. The van der Waals surface area contributed by atoms with E-state index in [-0.39, 0.29) is 0 Å². The quantitative estimate of drug-likeness (QED) is 0.818. The summed E-state index contributed by atoms with van der Waals surface area (Å²) in [6.07, 6.45) is 5.55. The molecular formula is C18H17NO. The van der Waals surface area contributed by atoms with Crippen molar-refractivity contribution >= 4 is 5.69 Å². The highest BCUT2D eigenvalue weighted by Crippen LogP contribution is 2.42. The lowest BCUT2D eigenvalue weighted by Gasteiger charge is -2.25. The second kappa shape index (κ2) is 5.25. The summed E-state index contributed by atoms with van der Waals surface area (Å²) in [5, 5.41) is 0. The number of nitrogens with one attached hydrogen (secondary N) is 1. The molecule has 0 radical (unpaired) electrons. The standard InChI is InChI=1S/C18H17NO/c1-3-7-13-11-12-17-18(14(13)8-4-2)15-9-5-6-10-16(15)19-20-17/h3-6,9-12,19H,1-2,7-8H2. The van der Waals surface area contributed by atoms with Crippen molar-refractivity contribution in [3.8, 4) is 16.9 Å². The predicted molar refractivity (Wildman–Crippen MR) is 83.9 cm³/mol. The number of fused-ring (bicyclic) bond motifs is 3. The largest absolute Gasteiger partial charge is 0.381 e. The molecule has 0 spiro atoms. The van der Waals surface area contributed by atoms with Crippen molar-refractivity contribution in [1.29, 1.82) is 0 Å². The van der Waals surface area contributed by atoms with E-state index < -0.39 is 0 Å². The number of hydrogen-bond acceptors (Lipinski definition) is 2. The van der Waals surface area contributed by atoms with Gasteiger partial charge in [-0.1, -0.05) is 36.4 Å². The van der Waals surface area contributed by atoms with Crippen molar-refractivity contribution < 1.29 is 4.84 Å². The summed E-state index contributed by atoms with van der Waals surface area (Å²) in [6.45, 7) is 7.72. The summed E-state index contributed by atoms with van der Waals surface area (Å²) in [4.78, 5) is 5.66. The van der Waals surface area contributed by atoms with Gasteiger partial charge in [-0.05, 0) is 36.1 Å². The van der Waals surface area contributed by atoms with Gasteiger partial charge in [0.2, 0.25) is 0 Å². The molecule has 1 heterocycles. The smallest absolute Gasteiger partial charge is 0.163 e. The minimum atomic E-state index is 0.823. The Morgan fingerprint density at radius 2 is 1.80 bits per heavy atom. The number of para-hydroxylation sites is 1. The van der Waals surface area contributed by atoms with E-state index in [1.165, 1.54) is 22.3 Å². The highest BCUT2D eigenvalue weighted by Gasteiger charge is 2.21. The molecule has 0 fully saturated rings. The van der Waals surface area contributed by atoms with Crippen molar-refractivity contribution in [2.24, 2.45) is 0 Å². The van der Waals surface area contributed by atoms with Crippen LogP contribution in [0.2, 0.25) is 0 Å². The van der Waals surface area contributed by atoms with Gasteiger partial charge in [-0.3, -0.25) is 0 Å². The Bertz CT molecular complexity index is 673. The van der Waals surface area contributed by atoms with Crippen LogP contribution in [-0.4, -0.2) is 0 Å². The van der Waals surface area contributed by atoms with Crippen LogP contribution < -0.4 is 10.3 Å². The van der Waals surface area contributed by atoms with E-state index >= 15 is 0 Å². The Morgan fingerprint density at radius 1 is 1.00 bits per heavy atom. The average molecular weight is 263 g/mol. The van der Waals surface area contributed by atoms with E-state index in [4.69, 9.17) is 4.84 Å². The monoisotopic (exact) mass is 263 g/mol. The molecule has 2 nitrogen and oxygen atoms in total. The molecule has 0 aromatic heterocycles. The lowest BCUT2D eigenvalue weighted by molar-refractivity contribution is 0.401. The minimum Gasteiger partial charge on any atom is -0.381 e. The Hall–Kier alpha value is -2.48. The molecule has 0 aliphatic carbocycles. The van der Waals surface area contributed by atoms with E-state index in [0.29, 0.717) is 0 Å². The first-order chi connectivity index (χ1) is 9.85. The van der Waals surface area contributed by atoms with Crippen LogP contribution >= 0.6 is 0 Å². The van der Waals surface area contributed by atoms with Crippen LogP contribution in [0, 0.1) is 0 Å². The number of hydrogen-bond donors (Lipinski definition) is 1. The molecule has 2 heteroatoms. The molecule has 20 heavy (non-hydrogen) atoms. The Morgan fingerprint density at radius 3 is 2.60 bits per heavy atom. The molecule has 1 N–H and O–H groups in total. The summed E-state index contributed by atoms with van der Waals surface area (Å²) in [6, 6.07) is 12.3. The molecule has 2 aromatic carbocycles. The molecule has 1 aliphatic rings. The van der Waals surface area contributed by atoms with E-state index in [1.54, 1.807) is 0 Å². The molecule has 0 atom stereocenters. The van der Waals surface area contributed by atoms with Crippen LogP contribution in [0.4, 0.5) is 5.69 Å². The molecular weight excluding hydrogens is 246 g/mol. The maximum atomic E-state index is 5.66. The van der Waals surface area contributed by atoms with Gasteiger partial charge in [0.25, 0.3) is 0 Å². The van der Waals surface area contributed by atoms with E-state index in [2.05, 4.69) is 30.8 Å². The third-order valence-electron chi connectivity index (χ3n) is 3.55. The van der Waals surface area contributed by atoms with Gasteiger partial charge >= 0.3 is 0 Å². The van der Waals surface area contributed by atoms with Gasteiger partial charge in [0.05, 0.1) is 5.69 Å². The zero-order chi connectivity index (χ0) is 13.9. The van der Waals surface area contributed by atoms with Crippen molar-refractivity contribution in [2.45, 2.75) is 12.8 Å². The summed E-state index contributed by atoms with van der Waals surface area (Å²) in [5.74, 6) is 0.869. The molecule has 1 aliphatic heterocycles. The van der Waals surface area contributed by atoms with Gasteiger partial charge in [0.1, 0.15) is 0 Å². The first-order valence-corrected chi connectivity index (χ1v) is 6.74. The summed E-state index contributed by atoms with van der Waals surface area (Å²) in [7, 11) is 0. The zero-order valence-electron chi connectivity index (χ0n) is 11.4. The van der Waals surface area contributed by atoms with Crippen LogP contribution in [0.5, 0.6) is 5.75 Å². The topological polar surface area (TPSA) is 21.3 Å². The highest BCUT2D eigenvalue weighted by atomic mass is 16.6. The predicted octanol–water partition coefficient (Wildman–Crippen LogP) is 4.53. The minimum absolute atomic E-state index is 0.823. The first kappa shape index (κ1) is 12.5. The van der Waals surface area contributed by atoms with Crippen LogP contribution in [0.3, 0.4) is 0 Å². The molecule has 100 valence electrons. The van der Waals surface area contributed by atoms with Gasteiger partial charge in [-0.15, -0.1) is 13.2 Å².